The van der Waals surface area contributed by atoms with Crippen molar-refractivity contribution in [2.24, 2.45) is 11.8 Å². The highest BCUT2D eigenvalue weighted by Crippen LogP contribution is 2.52. The molecule has 4 nitrogen and oxygen atoms in total. The van der Waals surface area contributed by atoms with E-state index in [0.717, 1.165) is 27.9 Å². The molecular weight excluding hydrogens is 460 g/mol. The zero-order valence-electron chi connectivity index (χ0n) is 20.3. The average Bonchev–Trinajstić information content (AvgIpc) is 2.92. The van der Waals surface area contributed by atoms with Crippen LogP contribution in [0.3, 0.4) is 0 Å². The Balaban J connectivity index is 1.43. The SMILES string of the molecule is CC(=O)c1ccccc1C(=O)C1=CC=C2C=CC3=CC=C(Cc4ccccc4C(=O)O)C4=CC=C1C2C34. The van der Waals surface area contributed by atoms with E-state index in [9.17, 15) is 19.5 Å². The van der Waals surface area contributed by atoms with Crippen molar-refractivity contribution in [3.63, 3.8) is 0 Å². The first kappa shape index (κ1) is 22.9. The predicted molar refractivity (Wildman–Crippen MR) is 143 cm³/mol. The van der Waals surface area contributed by atoms with Crippen molar-refractivity contribution in [2.75, 3.05) is 0 Å². The lowest BCUT2D eigenvalue weighted by Crippen LogP contribution is -2.32. The van der Waals surface area contributed by atoms with E-state index >= 15 is 0 Å². The second-order valence-electron chi connectivity index (χ2n) is 9.71. The van der Waals surface area contributed by atoms with E-state index in [-0.39, 0.29) is 23.4 Å². The van der Waals surface area contributed by atoms with Gasteiger partial charge in [0, 0.05) is 28.5 Å². The van der Waals surface area contributed by atoms with Crippen LogP contribution in [0.4, 0.5) is 0 Å². The van der Waals surface area contributed by atoms with E-state index in [1.165, 1.54) is 12.5 Å². The fourth-order valence-electron chi connectivity index (χ4n) is 5.93. The molecule has 0 saturated carbocycles. The Bertz CT molecular complexity index is 1620. The summed E-state index contributed by atoms with van der Waals surface area (Å²) in [7, 11) is 0. The summed E-state index contributed by atoms with van der Waals surface area (Å²) in [6, 6.07) is 14.1. The second-order valence-corrected chi connectivity index (χ2v) is 9.71. The highest BCUT2D eigenvalue weighted by atomic mass is 16.4. The summed E-state index contributed by atoms with van der Waals surface area (Å²) in [6.07, 6.45) is 17.0. The minimum Gasteiger partial charge on any atom is -0.478 e. The fraction of sp³-hybridized carbons (Fsp3) is 0.121. The lowest BCUT2D eigenvalue weighted by molar-refractivity contribution is 0.0695. The molecule has 4 aliphatic carbocycles. The Morgan fingerprint density at radius 2 is 1.30 bits per heavy atom. The molecule has 0 aromatic heterocycles. The standard InChI is InChI=1S/C33H24O4/c1-19(34)24-7-4-5-9-28(24)32(35)29-15-14-21-11-10-20-12-13-23(25-16-17-27(29)31(21)30(20)25)18-22-6-2-3-8-26(22)33(36)37/h2-17,30-31H,18H2,1H3,(H,36,37). The molecular formula is C33H24O4. The minimum absolute atomic E-state index is 0.0110. The molecule has 4 aliphatic rings. The van der Waals surface area contributed by atoms with Crippen LogP contribution in [0.5, 0.6) is 0 Å². The van der Waals surface area contributed by atoms with Crippen LogP contribution < -0.4 is 0 Å². The highest BCUT2D eigenvalue weighted by molar-refractivity contribution is 6.17. The van der Waals surface area contributed by atoms with E-state index in [2.05, 4.69) is 30.4 Å². The Labute approximate surface area is 215 Å². The number of carboxylic acid groups (broad SMARTS) is 1. The van der Waals surface area contributed by atoms with Gasteiger partial charge in [-0.2, -0.15) is 0 Å². The first-order valence-electron chi connectivity index (χ1n) is 12.3. The summed E-state index contributed by atoms with van der Waals surface area (Å²) in [5.74, 6) is -1.17. The van der Waals surface area contributed by atoms with Crippen LogP contribution >= 0.6 is 0 Å². The van der Waals surface area contributed by atoms with Crippen molar-refractivity contribution in [1.29, 1.82) is 0 Å². The molecule has 0 heterocycles. The van der Waals surface area contributed by atoms with E-state index < -0.39 is 5.97 Å². The molecule has 0 radical (unpaired) electrons. The van der Waals surface area contributed by atoms with Gasteiger partial charge in [-0.25, -0.2) is 4.79 Å². The molecule has 1 N–H and O–H groups in total. The number of benzene rings is 2. The number of hydrogen-bond donors (Lipinski definition) is 1. The summed E-state index contributed by atoms with van der Waals surface area (Å²) in [5, 5.41) is 9.67. The van der Waals surface area contributed by atoms with Gasteiger partial charge in [-0.3, -0.25) is 9.59 Å². The number of carbonyl (C=O) groups is 3. The molecule has 0 amide bonds. The van der Waals surface area contributed by atoms with Crippen LogP contribution in [0.2, 0.25) is 0 Å². The zero-order valence-corrected chi connectivity index (χ0v) is 20.3. The van der Waals surface area contributed by atoms with Gasteiger partial charge in [0.15, 0.2) is 11.6 Å². The summed E-state index contributed by atoms with van der Waals surface area (Å²) in [6.45, 7) is 1.48. The molecule has 2 aromatic carbocycles. The van der Waals surface area contributed by atoms with Gasteiger partial charge in [0.2, 0.25) is 0 Å². The van der Waals surface area contributed by atoms with Gasteiger partial charge in [-0.15, -0.1) is 0 Å². The van der Waals surface area contributed by atoms with Crippen molar-refractivity contribution < 1.29 is 19.5 Å². The van der Waals surface area contributed by atoms with Gasteiger partial charge in [-0.1, -0.05) is 91.1 Å². The topological polar surface area (TPSA) is 71.4 Å². The van der Waals surface area contributed by atoms with Crippen LogP contribution in [0.25, 0.3) is 0 Å². The van der Waals surface area contributed by atoms with Crippen LogP contribution in [0.15, 0.2) is 131 Å². The van der Waals surface area contributed by atoms with Crippen LogP contribution in [0.1, 0.15) is 43.6 Å². The molecule has 0 aliphatic heterocycles. The zero-order chi connectivity index (χ0) is 25.7. The Hall–Kier alpha value is -4.57. The van der Waals surface area contributed by atoms with Crippen molar-refractivity contribution in [3.8, 4) is 0 Å². The summed E-state index contributed by atoms with van der Waals surface area (Å²) < 4.78 is 0. The van der Waals surface area contributed by atoms with Gasteiger partial charge < -0.3 is 5.11 Å². The maximum absolute atomic E-state index is 13.7. The van der Waals surface area contributed by atoms with Gasteiger partial charge in [0.1, 0.15) is 0 Å². The third-order valence-electron chi connectivity index (χ3n) is 7.66. The smallest absolute Gasteiger partial charge is 0.335 e. The lowest BCUT2D eigenvalue weighted by Gasteiger charge is -2.42. The first-order chi connectivity index (χ1) is 17.9. The van der Waals surface area contributed by atoms with Crippen molar-refractivity contribution in [2.45, 2.75) is 13.3 Å². The highest BCUT2D eigenvalue weighted by Gasteiger charge is 2.42. The third kappa shape index (κ3) is 3.73. The Morgan fingerprint density at radius 1 is 0.703 bits per heavy atom. The number of carbonyl (C=O) groups excluding carboxylic acids is 2. The molecule has 0 spiro atoms. The minimum atomic E-state index is -0.930. The van der Waals surface area contributed by atoms with E-state index in [0.29, 0.717) is 28.7 Å². The van der Waals surface area contributed by atoms with Gasteiger partial charge in [-0.05, 0) is 52.8 Å². The van der Waals surface area contributed by atoms with Gasteiger partial charge >= 0.3 is 5.97 Å². The van der Waals surface area contributed by atoms with E-state index in [1.54, 1.807) is 36.4 Å². The summed E-state index contributed by atoms with van der Waals surface area (Å²) in [4.78, 5) is 37.7. The molecule has 0 fully saturated rings. The molecule has 0 bridgehead atoms. The Morgan fingerprint density at radius 3 is 2.00 bits per heavy atom. The predicted octanol–water partition coefficient (Wildman–Crippen LogP) is 6.41. The number of allylic oxidation sites excluding steroid dienone is 14. The number of rotatable bonds is 6. The van der Waals surface area contributed by atoms with Gasteiger partial charge in [0.05, 0.1) is 5.56 Å². The van der Waals surface area contributed by atoms with Crippen LogP contribution in [-0.4, -0.2) is 22.6 Å². The largest absolute Gasteiger partial charge is 0.478 e. The van der Waals surface area contributed by atoms with E-state index in [4.69, 9.17) is 0 Å². The molecule has 2 unspecified atom stereocenters. The average molecular weight is 485 g/mol. The molecule has 2 atom stereocenters. The third-order valence-corrected chi connectivity index (χ3v) is 7.66. The maximum atomic E-state index is 13.7. The van der Waals surface area contributed by atoms with Crippen molar-refractivity contribution in [3.05, 3.63) is 153 Å². The van der Waals surface area contributed by atoms with Crippen molar-refractivity contribution >= 4 is 17.5 Å². The molecule has 6 rings (SSSR count). The number of carboxylic acids is 1. The number of aromatic carboxylic acids is 1. The second kappa shape index (κ2) is 8.82. The summed E-state index contributed by atoms with van der Waals surface area (Å²) in [5.41, 5.74) is 8.05. The van der Waals surface area contributed by atoms with E-state index in [1.807, 2.05) is 30.4 Å². The van der Waals surface area contributed by atoms with Gasteiger partial charge in [0.25, 0.3) is 0 Å². The number of Topliss-reactive ketones (excluding diaryl/α,β-unsaturated/α-hetero) is 2. The number of ketones is 2. The quantitative estimate of drug-likeness (QED) is 0.481. The normalized spacial score (nSPS) is 20.9. The van der Waals surface area contributed by atoms with Crippen LogP contribution in [0, 0.1) is 11.8 Å². The maximum Gasteiger partial charge on any atom is 0.335 e. The molecule has 4 heteroatoms. The lowest BCUT2D eigenvalue weighted by atomic mass is 9.61. The fourth-order valence-corrected chi connectivity index (χ4v) is 5.93. The number of hydrogen-bond acceptors (Lipinski definition) is 3. The molecule has 37 heavy (non-hydrogen) atoms. The summed E-state index contributed by atoms with van der Waals surface area (Å²) >= 11 is 0. The molecule has 2 aromatic rings. The monoisotopic (exact) mass is 484 g/mol. The van der Waals surface area contributed by atoms with Crippen molar-refractivity contribution in [1.82, 2.24) is 0 Å². The molecule has 0 saturated heterocycles. The Kier molecular flexibility index (Phi) is 5.45. The molecule has 180 valence electrons. The van der Waals surface area contributed by atoms with Crippen LogP contribution in [-0.2, 0) is 6.42 Å². The first-order valence-corrected chi connectivity index (χ1v) is 12.3.